The fraction of sp³-hybridized carbons (Fsp3) is 0.778. The van der Waals surface area contributed by atoms with Crippen LogP contribution in [0.3, 0.4) is 0 Å². The van der Waals surface area contributed by atoms with Crippen LogP contribution in [0.2, 0.25) is 0 Å². The van der Waals surface area contributed by atoms with Crippen molar-refractivity contribution in [2.45, 2.75) is 32.6 Å². The lowest BCUT2D eigenvalue weighted by Crippen LogP contribution is -2.08. The highest BCUT2D eigenvalue weighted by atomic mass is 16.7. The lowest BCUT2D eigenvalue weighted by molar-refractivity contribution is 0.0543. The van der Waals surface area contributed by atoms with Gasteiger partial charge in [0, 0.05) is 6.42 Å². The average Bonchev–Trinajstić information content (AvgIpc) is 2.14. The smallest absolute Gasteiger partial charge is 0.434 e. The summed E-state index contributed by atoms with van der Waals surface area (Å²) in [5.41, 5.74) is 0. The highest BCUT2D eigenvalue weighted by Gasteiger charge is 2.01. The molecule has 0 saturated heterocycles. The second-order valence-corrected chi connectivity index (χ2v) is 2.56. The summed E-state index contributed by atoms with van der Waals surface area (Å²) in [4.78, 5) is 10.7. The maximum Gasteiger partial charge on any atom is 0.508 e. The van der Waals surface area contributed by atoms with E-state index < -0.39 is 6.16 Å². The third-order valence-electron chi connectivity index (χ3n) is 1.33. The molecular formula is C9H15NO3. The van der Waals surface area contributed by atoms with Gasteiger partial charge in [0.1, 0.15) is 0 Å². The minimum atomic E-state index is -0.612. The number of hydrogen-bond donors (Lipinski definition) is 0. The second kappa shape index (κ2) is 8.85. The van der Waals surface area contributed by atoms with Crippen molar-refractivity contribution in [3.8, 4) is 6.07 Å². The van der Waals surface area contributed by atoms with E-state index in [1.54, 1.807) is 0 Å². The summed E-state index contributed by atoms with van der Waals surface area (Å²) in [6.07, 6.45) is 2.17. The van der Waals surface area contributed by atoms with Crippen LogP contribution in [0.4, 0.5) is 4.79 Å². The molecule has 0 aliphatic carbocycles. The van der Waals surface area contributed by atoms with Gasteiger partial charge in [0.25, 0.3) is 0 Å². The Kier molecular flexibility index (Phi) is 8.01. The largest absolute Gasteiger partial charge is 0.508 e. The quantitative estimate of drug-likeness (QED) is 0.470. The summed E-state index contributed by atoms with van der Waals surface area (Å²) in [7, 11) is 0. The summed E-state index contributed by atoms with van der Waals surface area (Å²) in [5, 5.41) is 8.21. The molecule has 74 valence electrons. The molecule has 0 radical (unpaired) electrons. The Labute approximate surface area is 78.4 Å². The Balaban J connectivity index is 3.13. The first-order chi connectivity index (χ1) is 6.31. The Morgan fingerprint density at radius 1 is 1.31 bits per heavy atom. The SMILES string of the molecule is CCCOC(=O)OCCCCC#N. The van der Waals surface area contributed by atoms with Crippen LogP contribution in [0.15, 0.2) is 0 Å². The first kappa shape index (κ1) is 11.8. The van der Waals surface area contributed by atoms with Crippen molar-refractivity contribution in [3.63, 3.8) is 0 Å². The molecule has 0 rings (SSSR count). The van der Waals surface area contributed by atoms with Crippen LogP contribution in [-0.4, -0.2) is 19.4 Å². The molecule has 0 amide bonds. The van der Waals surface area contributed by atoms with Crippen LogP contribution in [0.1, 0.15) is 32.6 Å². The van der Waals surface area contributed by atoms with Crippen molar-refractivity contribution in [1.29, 1.82) is 5.26 Å². The summed E-state index contributed by atoms with van der Waals surface area (Å²) in [5.74, 6) is 0. The van der Waals surface area contributed by atoms with E-state index in [0.29, 0.717) is 19.6 Å². The van der Waals surface area contributed by atoms with Gasteiger partial charge in [-0.15, -0.1) is 0 Å². The number of carbonyl (C=O) groups is 1. The summed E-state index contributed by atoms with van der Waals surface area (Å²) >= 11 is 0. The predicted molar refractivity (Wildman–Crippen MR) is 47.1 cm³/mol. The van der Waals surface area contributed by atoms with E-state index >= 15 is 0 Å². The van der Waals surface area contributed by atoms with Crippen molar-refractivity contribution in [1.82, 2.24) is 0 Å². The molecule has 4 nitrogen and oxygen atoms in total. The third kappa shape index (κ3) is 8.67. The van der Waals surface area contributed by atoms with Gasteiger partial charge in [0.15, 0.2) is 0 Å². The van der Waals surface area contributed by atoms with Crippen LogP contribution < -0.4 is 0 Å². The van der Waals surface area contributed by atoms with E-state index in [0.717, 1.165) is 19.3 Å². The second-order valence-electron chi connectivity index (χ2n) is 2.56. The van der Waals surface area contributed by atoms with E-state index in [4.69, 9.17) is 10.00 Å². The Bertz CT molecular complexity index is 174. The minimum Gasteiger partial charge on any atom is -0.434 e. The number of ether oxygens (including phenoxy) is 2. The van der Waals surface area contributed by atoms with E-state index in [1.165, 1.54) is 0 Å². The topological polar surface area (TPSA) is 59.3 Å². The maximum absolute atomic E-state index is 10.7. The summed E-state index contributed by atoms with van der Waals surface area (Å²) in [6, 6.07) is 2.02. The molecule has 4 heteroatoms. The summed E-state index contributed by atoms with van der Waals surface area (Å²) in [6.45, 7) is 2.65. The van der Waals surface area contributed by atoms with Gasteiger partial charge in [0.05, 0.1) is 19.3 Å². The molecule has 0 N–H and O–H groups in total. The predicted octanol–water partition coefficient (Wildman–Crippen LogP) is 2.24. The molecule has 0 unspecified atom stereocenters. The van der Waals surface area contributed by atoms with Crippen LogP contribution in [0, 0.1) is 11.3 Å². The van der Waals surface area contributed by atoms with Crippen molar-refractivity contribution < 1.29 is 14.3 Å². The fourth-order valence-corrected chi connectivity index (χ4v) is 0.689. The number of rotatable bonds is 6. The fourth-order valence-electron chi connectivity index (χ4n) is 0.689. The molecule has 0 aliphatic heterocycles. The normalized spacial score (nSPS) is 8.92. The number of unbranched alkanes of at least 4 members (excludes halogenated alkanes) is 2. The van der Waals surface area contributed by atoms with E-state index in [2.05, 4.69) is 4.74 Å². The molecule has 0 aromatic heterocycles. The summed E-state index contributed by atoms with van der Waals surface area (Å²) < 4.78 is 9.39. The number of carbonyl (C=O) groups excluding carboxylic acids is 1. The van der Waals surface area contributed by atoms with Crippen LogP contribution in [0.5, 0.6) is 0 Å². The van der Waals surface area contributed by atoms with Gasteiger partial charge < -0.3 is 9.47 Å². The Morgan fingerprint density at radius 2 is 2.00 bits per heavy atom. The van der Waals surface area contributed by atoms with Gasteiger partial charge in [-0.05, 0) is 19.3 Å². The van der Waals surface area contributed by atoms with E-state index in [9.17, 15) is 4.79 Å². The van der Waals surface area contributed by atoms with Gasteiger partial charge in [-0.25, -0.2) is 4.79 Å². The molecular weight excluding hydrogens is 170 g/mol. The lowest BCUT2D eigenvalue weighted by atomic mass is 10.3. The molecule has 0 bridgehead atoms. The lowest BCUT2D eigenvalue weighted by Gasteiger charge is -2.03. The molecule has 13 heavy (non-hydrogen) atoms. The van der Waals surface area contributed by atoms with Crippen molar-refractivity contribution in [2.75, 3.05) is 13.2 Å². The zero-order chi connectivity index (χ0) is 9.94. The van der Waals surface area contributed by atoms with E-state index in [1.807, 2.05) is 13.0 Å². The standard InChI is InChI=1S/C9H15NO3/c1-2-7-12-9(11)13-8-5-3-4-6-10/h2-5,7-8H2,1H3. The molecule has 0 atom stereocenters. The Morgan fingerprint density at radius 3 is 2.62 bits per heavy atom. The van der Waals surface area contributed by atoms with Crippen LogP contribution in [-0.2, 0) is 9.47 Å². The average molecular weight is 185 g/mol. The zero-order valence-corrected chi connectivity index (χ0v) is 7.91. The molecule has 0 aliphatic rings. The van der Waals surface area contributed by atoms with Gasteiger partial charge in [-0.3, -0.25) is 0 Å². The highest BCUT2D eigenvalue weighted by Crippen LogP contribution is 1.96. The van der Waals surface area contributed by atoms with Crippen molar-refractivity contribution >= 4 is 6.16 Å². The molecule has 0 heterocycles. The minimum absolute atomic E-state index is 0.338. The zero-order valence-electron chi connectivity index (χ0n) is 7.91. The first-order valence-corrected chi connectivity index (χ1v) is 4.47. The van der Waals surface area contributed by atoms with Crippen LogP contribution >= 0.6 is 0 Å². The number of nitriles is 1. The van der Waals surface area contributed by atoms with Gasteiger partial charge >= 0.3 is 6.16 Å². The molecule has 0 aromatic rings. The van der Waals surface area contributed by atoms with Gasteiger partial charge in [0.2, 0.25) is 0 Å². The van der Waals surface area contributed by atoms with Crippen molar-refractivity contribution in [2.24, 2.45) is 0 Å². The molecule has 0 aromatic carbocycles. The highest BCUT2D eigenvalue weighted by molar-refractivity contribution is 5.59. The molecule has 0 fully saturated rings. The molecule has 0 saturated carbocycles. The van der Waals surface area contributed by atoms with Crippen LogP contribution in [0.25, 0.3) is 0 Å². The first-order valence-electron chi connectivity index (χ1n) is 4.47. The third-order valence-corrected chi connectivity index (χ3v) is 1.33. The van der Waals surface area contributed by atoms with E-state index in [-0.39, 0.29) is 0 Å². The Hall–Kier alpha value is -1.24. The van der Waals surface area contributed by atoms with Gasteiger partial charge in [-0.1, -0.05) is 6.92 Å². The maximum atomic E-state index is 10.7. The van der Waals surface area contributed by atoms with Gasteiger partial charge in [-0.2, -0.15) is 5.26 Å². The monoisotopic (exact) mass is 185 g/mol. The van der Waals surface area contributed by atoms with Crippen molar-refractivity contribution in [3.05, 3.63) is 0 Å². The number of nitrogens with zero attached hydrogens (tertiary/aromatic N) is 1. The molecule has 0 spiro atoms. The number of hydrogen-bond acceptors (Lipinski definition) is 4.